The first-order valence-electron chi connectivity index (χ1n) is 10.5. The number of benzene rings is 1. The van der Waals surface area contributed by atoms with Crippen LogP contribution in [0.1, 0.15) is 43.4 Å². The van der Waals surface area contributed by atoms with Crippen molar-refractivity contribution in [3.63, 3.8) is 0 Å². The summed E-state index contributed by atoms with van der Waals surface area (Å²) in [6.07, 6.45) is -3.54. The molecule has 2 aromatic rings. The van der Waals surface area contributed by atoms with E-state index in [0.29, 0.717) is 36.1 Å². The molecule has 4 fully saturated rings. The monoisotopic (exact) mass is 454 g/mol. The van der Waals surface area contributed by atoms with Crippen molar-refractivity contribution in [3.8, 4) is 11.3 Å². The zero-order chi connectivity index (χ0) is 22.7. The Labute approximate surface area is 181 Å². The lowest BCUT2D eigenvalue weighted by atomic mass is 9.38. The minimum Gasteiger partial charge on any atom is -0.368 e. The Morgan fingerprint density at radius 1 is 1.22 bits per heavy atom. The maximum Gasteiger partial charge on any atom is 0.522 e. The van der Waals surface area contributed by atoms with Crippen molar-refractivity contribution in [3.05, 3.63) is 41.4 Å². The quantitative estimate of drug-likeness (QED) is 0.636. The minimum atomic E-state index is -4.65. The van der Waals surface area contributed by atoms with Gasteiger partial charge in [0.25, 0.3) is 0 Å². The van der Waals surface area contributed by atoms with Crippen molar-refractivity contribution in [2.24, 2.45) is 0 Å². The number of aromatic nitrogens is 1. The van der Waals surface area contributed by atoms with Gasteiger partial charge in [0.05, 0.1) is 12.2 Å². The van der Waals surface area contributed by atoms with Gasteiger partial charge in [0, 0.05) is 35.4 Å². The number of hydrogen-bond acceptors (Lipinski definition) is 5. The van der Waals surface area contributed by atoms with E-state index in [9.17, 15) is 22.4 Å². The van der Waals surface area contributed by atoms with Gasteiger partial charge in [-0.1, -0.05) is 17.3 Å². The highest BCUT2D eigenvalue weighted by Gasteiger charge is 2.71. The van der Waals surface area contributed by atoms with Gasteiger partial charge in [0.15, 0.2) is 0 Å². The van der Waals surface area contributed by atoms with Gasteiger partial charge in [0.2, 0.25) is 5.91 Å². The maximum absolute atomic E-state index is 13.8. The average Bonchev–Trinajstić information content (AvgIpc) is 3.10. The molecular formula is C22H22F4N2O4. The Hall–Kier alpha value is -2.46. The Bertz CT molecular complexity index is 1030. The molecule has 1 aromatic carbocycles. The molecule has 0 atom stereocenters. The topological polar surface area (TPSA) is 73.6 Å². The number of carbonyl (C=O) groups is 1. The molecule has 6 nitrogen and oxygen atoms in total. The third kappa shape index (κ3) is 3.90. The molecule has 0 radical (unpaired) electrons. The molecule has 1 heterocycles. The second-order valence-corrected chi connectivity index (χ2v) is 9.27. The largest absolute Gasteiger partial charge is 0.522 e. The molecule has 1 aromatic heterocycles. The smallest absolute Gasteiger partial charge is 0.368 e. The number of nitrogens with zero attached hydrogens (tertiary/aromatic N) is 1. The Morgan fingerprint density at radius 2 is 1.94 bits per heavy atom. The summed E-state index contributed by atoms with van der Waals surface area (Å²) >= 11 is 0. The summed E-state index contributed by atoms with van der Waals surface area (Å²) in [5.74, 6) is 0.143. The van der Waals surface area contributed by atoms with Crippen LogP contribution in [0.5, 0.6) is 0 Å². The van der Waals surface area contributed by atoms with Crippen LogP contribution < -0.4 is 5.32 Å². The van der Waals surface area contributed by atoms with Crippen molar-refractivity contribution in [1.29, 1.82) is 0 Å². The van der Waals surface area contributed by atoms with Crippen LogP contribution in [0.3, 0.4) is 0 Å². The lowest BCUT2D eigenvalue weighted by Gasteiger charge is -2.69. The zero-order valence-corrected chi connectivity index (χ0v) is 17.3. The van der Waals surface area contributed by atoms with Crippen LogP contribution in [0.4, 0.5) is 17.6 Å². The predicted molar refractivity (Wildman–Crippen MR) is 103 cm³/mol. The van der Waals surface area contributed by atoms with Crippen LogP contribution in [0.25, 0.3) is 11.3 Å². The molecule has 1 amide bonds. The van der Waals surface area contributed by atoms with E-state index in [4.69, 9.17) is 9.26 Å². The number of hydrogen-bond donors (Lipinski definition) is 1. The Morgan fingerprint density at radius 3 is 2.59 bits per heavy atom. The summed E-state index contributed by atoms with van der Waals surface area (Å²) in [4.78, 5) is 12.2. The highest BCUT2D eigenvalue weighted by molar-refractivity contribution is 5.79. The number of aryl methyl sites for hydroxylation is 1. The fraction of sp³-hybridized carbons (Fsp3) is 0.545. The Balaban J connectivity index is 1.08. The second kappa shape index (κ2) is 7.28. The number of nitrogens with one attached hydrogen (secondary N) is 1. The van der Waals surface area contributed by atoms with Gasteiger partial charge in [-0.3, -0.25) is 9.53 Å². The second-order valence-electron chi connectivity index (χ2n) is 9.27. The van der Waals surface area contributed by atoms with E-state index in [-0.39, 0.29) is 42.1 Å². The van der Waals surface area contributed by atoms with E-state index in [2.05, 4.69) is 15.2 Å². The van der Waals surface area contributed by atoms with Gasteiger partial charge in [-0.2, -0.15) is 0 Å². The van der Waals surface area contributed by atoms with Gasteiger partial charge >= 0.3 is 6.36 Å². The third-order valence-corrected chi connectivity index (χ3v) is 6.74. The van der Waals surface area contributed by atoms with Crippen molar-refractivity contribution in [2.75, 3.05) is 6.61 Å². The average molecular weight is 454 g/mol. The van der Waals surface area contributed by atoms with E-state index >= 15 is 0 Å². The first-order chi connectivity index (χ1) is 15.0. The summed E-state index contributed by atoms with van der Waals surface area (Å²) in [6, 6.07) is 6.75. The maximum atomic E-state index is 13.8. The zero-order valence-electron chi connectivity index (χ0n) is 17.3. The molecule has 2 bridgehead atoms. The van der Waals surface area contributed by atoms with Crippen molar-refractivity contribution >= 4 is 5.91 Å². The molecule has 0 aliphatic heterocycles. The van der Waals surface area contributed by atoms with Gasteiger partial charge in [-0.25, -0.2) is 4.39 Å². The number of amides is 1. The molecule has 10 heteroatoms. The highest BCUT2D eigenvalue weighted by Crippen LogP contribution is 2.68. The highest BCUT2D eigenvalue weighted by atomic mass is 19.4. The van der Waals surface area contributed by atoms with Crippen molar-refractivity contribution in [1.82, 2.24) is 10.5 Å². The fourth-order valence-electron chi connectivity index (χ4n) is 5.06. The summed E-state index contributed by atoms with van der Waals surface area (Å²) in [6.45, 7) is 1.50. The third-order valence-electron chi connectivity index (χ3n) is 6.74. The molecule has 172 valence electrons. The molecule has 4 aliphatic carbocycles. The standard InChI is InChI=1S/C22H22F4N2O4/c1-12-2-3-13(4-16(12)23)17-7-18(32-28-17)20-9-21(10-20,11-20)27-19(29)8-30-14-5-15(6-14)31-22(24,25)26/h2-4,7,14-15H,5-6,8-11H2,1H3,(H,27,29). The molecule has 1 N–H and O–H groups in total. The SMILES string of the molecule is Cc1ccc(-c2cc(C34CC(NC(=O)COC5CC(OC(F)(F)F)C5)(C3)C4)on2)cc1F. The van der Waals surface area contributed by atoms with E-state index in [1.807, 2.05) is 6.07 Å². The summed E-state index contributed by atoms with van der Waals surface area (Å²) < 4.78 is 65.0. The molecule has 0 unspecified atom stereocenters. The molecule has 4 saturated carbocycles. The Kier molecular flexibility index (Phi) is 4.86. The minimum absolute atomic E-state index is 0.125. The number of rotatable bonds is 7. The van der Waals surface area contributed by atoms with E-state index in [0.717, 1.165) is 5.76 Å². The normalized spacial score (nSPS) is 30.8. The van der Waals surface area contributed by atoms with Crippen LogP contribution in [0.2, 0.25) is 0 Å². The van der Waals surface area contributed by atoms with Crippen LogP contribution in [0, 0.1) is 12.7 Å². The predicted octanol–water partition coefficient (Wildman–Crippen LogP) is 4.16. The van der Waals surface area contributed by atoms with E-state index in [1.54, 1.807) is 19.1 Å². The first kappa shape index (κ1) is 21.4. The first-order valence-corrected chi connectivity index (χ1v) is 10.5. The molecule has 6 rings (SSSR count). The molecule has 0 saturated heterocycles. The molecular weight excluding hydrogens is 432 g/mol. The van der Waals surface area contributed by atoms with Crippen LogP contribution in [0.15, 0.2) is 28.8 Å². The number of halogens is 4. The molecule has 0 spiro atoms. The van der Waals surface area contributed by atoms with E-state index < -0.39 is 18.6 Å². The van der Waals surface area contributed by atoms with Crippen LogP contribution >= 0.6 is 0 Å². The molecule has 32 heavy (non-hydrogen) atoms. The lowest BCUT2D eigenvalue weighted by Crippen LogP contribution is -2.76. The fourth-order valence-corrected chi connectivity index (χ4v) is 5.06. The summed E-state index contributed by atoms with van der Waals surface area (Å²) in [5.41, 5.74) is 1.31. The van der Waals surface area contributed by atoms with Gasteiger partial charge in [0.1, 0.15) is 23.9 Å². The number of ether oxygens (including phenoxy) is 2. The van der Waals surface area contributed by atoms with Crippen molar-refractivity contribution in [2.45, 2.75) is 68.6 Å². The summed E-state index contributed by atoms with van der Waals surface area (Å²) in [5, 5.41) is 7.05. The lowest BCUT2D eigenvalue weighted by molar-refractivity contribution is -0.357. The van der Waals surface area contributed by atoms with Gasteiger partial charge < -0.3 is 14.6 Å². The number of alkyl halides is 3. The number of carbonyl (C=O) groups excluding carboxylic acids is 1. The van der Waals surface area contributed by atoms with Crippen molar-refractivity contribution < 1.29 is 36.4 Å². The van der Waals surface area contributed by atoms with Crippen LogP contribution in [-0.2, 0) is 19.7 Å². The van der Waals surface area contributed by atoms with Crippen LogP contribution in [-0.4, -0.2) is 41.8 Å². The molecule has 4 aliphatic rings. The van der Waals surface area contributed by atoms with Gasteiger partial charge in [-0.05, 0) is 37.8 Å². The van der Waals surface area contributed by atoms with Gasteiger partial charge in [-0.15, -0.1) is 13.2 Å². The van der Waals surface area contributed by atoms with E-state index in [1.165, 1.54) is 6.07 Å². The summed E-state index contributed by atoms with van der Waals surface area (Å²) in [7, 11) is 0.